The number of nitrogens with two attached hydrogens (primary N) is 1. The standard InChI is InChI=1S/C16H11ClFN5OS.ClH/c17-11-6-9(3-4-12(11)18)23-15-14-13(21-8-22-15)7-10(25-14)2-1-5-20-16(19)24;/h3-4,6-8H,5H2,(H3,19,20,24)(H,21,22,23);1H. The van der Waals surface area contributed by atoms with Crippen LogP contribution >= 0.6 is 35.3 Å². The highest BCUT2D eigenvalue weighted by Crippen LogP contribution is 2.31. The summed E-state index contributed by atoms with van der Waals surface area (Å²) in [6.07, 6.45) is 1.42. The fourth-order valence-corrected chi connectivity index (χ4v) is 3.09. The molecule has 0 spiro atoms. The van der Waals surface area contributed by atoms with Gasteiger partial charge < -0.3 is 16.4 Å². The number of halogens is 3. The second-order valence-electron chi connectivity index (χ2n) is 4.82. The number of aromatic nitrogens is 2. The first-order valence-electron chi connectivity index (χ1n) is 7.02. The lowest BCUT2D eigenvalue weighted by Crippen LogP contribution is -2.29. The summed E-state index contributed by atoms with van der Waals surface area (Å²) in [4.78, 5) is 19.8. The summed E-state index contributed by atoms with van der Waals surface area (Å²) in [6.45, 7) is 0.161. The average molecular weight is 412 g/mol. The average Bonchev–Trinajstić information content (AvgIpc) is 2.99. The number of urea groups is 1. The van der Waals surface area contributed by atoms with Gasteiger partial charge in [-0.1, -0.05) is 23.4 Å². The number of nitrogens with one attached hydrogen (secondary N) is 2. The predicted molar refractivity (Wildman–Crippen MR) is 104 cm³/mol. The molecule has 26 heavy (non-hydrogen) atoms. The zero-order chi connectivity index (χ0) is 17.8. The van der Waals surface area contributed by atoms with Gasteiger partial charge in [0, 0.05) is 5.69 Å². The van der Waals surface area contributed by atoms with E-state index < -0.39 is 11.8 Å². The van der Waals surface area contributed by atoms with Crippen LogP contribution in [-0.4, -0.2) is 22.5 Å². The van der Waals surface area contributed by atoms with Crippen LogP contribution in [0.5, 0.6) is 0 Å². The van der Waals surface area contributed by atoms with Gasteiger partial charge in [0.25, 0.3) is 0 Å². The van der Waals surface area contributed by atoms with Crippen molar-refractivity contribution in [3.63, 3.8) is 0 Å². The molecule has 1 aromatic carbocycles. The van der Waals surface area contributed by atoms with Crippen LogP contribution in [0.3, 0.4) is 0 Å². The Morgan fingerprint density at radius 3 is 2.88 bits per heavy atom. The van der Waals surface area contributed by atoms with Crippen LogP contribution in [0.15, 0.2) is 30.6 Å². The molecule has 0 atom stereocenters. The molecule has 10 heteroatoms. The van der Waals surface area contributed by atoms with Gasteiger partial charge in [-0.2, -0.15) is 0 Å². The van der Waals surface area contributed by atoms with Crippen LogP contribution in [0.1, 0.15) is 4.88 Å². The van der Waals surface area contributed by atoms with Gasteiger partial charge in [-0.3, -0.25) is 0 Å². The fourth-order valence-electron chi connectivity index (χ4n) is 1.98. The van der Waals surface area contributed by atoms with Gasteiger partial charge in [0.05, 0.1) is 26.7 Å². The third-order valence-electron chi connectivity index (χ3n) is 3.06. The first-order chi connectivity index (χ1) is 12.0. The molecule has 0 saturated carbocycles. The second-order valence-corrected chi connectivity index (χ2v) is 6.28. The molecule has 6 nitrogen and oxygen atoms in total. The second kappa shape index (κ2) is 8.67. The predicted octanol–water partition coefficient (Wildman–Crippen LogP) is 3.67. The van der Waals surface area contributed by atoms with E-state index in [4.69, 9.17) is 17.3 Å². The Balaban J connectivity index is 0.00000243. The van der Waals surface area contributed by atoms with E-state index in [1.165, 1.54) is 29.8 Å². The molecule has 134 valence electrons. The van der Waals surface area contributed by atoms with E-state index in [-0.39, 0.29) is 24.0 Å². The van der Waals surface area contributed by atoms with Crippen molar-refractivity contribution in [2.75, 3.05) is 11.9 Å². The first-order valence-corrected chi connectivity index (χ1v) is 8.21. The number of hydrogen-bond donors (Lipinski definition) is 3. The summed E-state index contributed by atoms with van der Waals surface area (Å²) >= 11 is 7.19. The van der Waals surface area contributed by atoms with E-state index in [1.54, 1.807) is 6.07 Å². The number of primary amides is 1. The summed E-state index contributed by atoms with van der Waals surface area (Å²) in [5, 5.41) is 5.51. The van der Waals surface area contributed by atoms with Crippen LogP contribution in [0, 0.1) is 17.7 Å². The lowest BCUT2D eigenvalue weighted by Gasteiger charge is -2.06. The molecule has 2 amide bonds. The van der Waals surface area contributed by atoms with Gasteiger partial charge in [0.2, 0.25) is 0 Å². The van der Waals surface area contributed by atoms with Crippen LogP contribution in [0.2, 0.25) is 5.02 Å². The van der Waals surface area contributed by atoms with Gasteiger partial charge in [-0.25, -0.2) is 19.2 Å². The number of carbonyl (C=O) groups is 1. The quantitative estimate of drug-likeness (QED) is 0.573. The number of rotatable bonds is 3. The molecule has 3 aromatic rings. The SMILES string of the molecule is Cl.NC(=O)NCC#Cc1cc2ncnc(Nc3ccc(F)c(Cl)c3)c2s1. The lowest BCUT2D eigenvalue weighted by molar-refractivity contribution is 0.250. The monoisotopic (exact) mass is 411 g/mol. The molecule has 0 aliphatic heterocycles. The molecule has 0 saturated heterocycles. The number of hydrogen-bond acceptors (Lipinski definition) is 5. The summed E-state index contributed by atoms with van der Waals surface area (Å²) in [5.74, 6) is 5.81. The number of benzene rings is 1. The minimum absolute atomic E-state index is 0. The third-order valence-corrected chi connectivity index (χ3v) is 4.39. The molecule has 3 rings (SSSR count). The largest absolute Gasteiger partial charge is 0.352 e. The number of nitrogens with zero attached hydrogens (tertiary/aromatic N) is 2. The van der Waals surface area contributed by atoms with Crippen LogP contribution in [0.4, 0.5) is 20.7 Å². The van der Waals surface area contributed by atoms with E-state index in [9.17, 15) is 9.18 Å². The molecule has 0 unspecified atom stereocenters. The molecule has 0 fully saturated rings. The Bertz CT molecular complexity index is 1010. The van der Waals surface area contributed by atoms with Crippen LogP contribution in [0.25, 0.3) is 10.2 Å². The van der Waals surface area contributed by atoms with Crippen molar-refractivity contribution in [2.24, 2.45) is 5.73 Å². The highest BCUT2D eigenvalue weighted by Gasteiger charge is 2.09. The highest BCUT2D eigenvalue weighted by atomic mass is 35.5. The van der Waals surface area contributed by atoms with Crippen LogP contribution in [-0.2, 0) is 0 Å². The zero-order valence-corrected chi connectivity index (χ0v) is 15.4. The smallest absolute Gasteiger partial charge is 0.312 e. The molecule has 0 aliphatic carbocycles. The van der Waals surface area contributed by atoms with Crippen molar-refractivity contribution in [1.82, 2.24) is 15.3 Å². The molecule has 0 bridgehead atoms. The number of fused-ring (bicyclic) bond motifs is 1. The minimum Gasteiger partial charge on any atom is -0.352 e. The molecule has 0 aliphatic rings. The van der Waals surface area contributed by atoms with Gasteiger partial charge in [0.15, 0.2) is 5.82 Å². The third kappa shape index (κ3) is 4.73. The molecule has 2 aromatic heterocycles. The number of thiophene rings is 1. The van der Waals surface area contributed by atoms with Crippen molar-refractivity contribution in [2.45, 2.75) is 0 Å². The van der Waals surface area contributed by atoms with E-state index in [0.29, 0.717) is 11.5 Å². The van der Waals surface area contributed by atoms with E-state index in [1.807, 2.05) is 6.07 Å². The number of amides is 2. The summed E-state index contributed by atoms with van der Waals surface area (Å²) in [7, 11) is 0. The van der Waals surface area contributed by atoms with Crippen LogP contribution < -0.4 is 16.4 Å². The highest BCUT2D eigenvalue weighted by molar-refractivity contribution is 7.20. The Morgan fingerprint density at radius 2 is 2.15 bits per heavy atom. The van der Waals surface area contributed by atoms with Gasteiger partial charge in [-0.15, -0.1) is 23.7 Å². The summed E-state index contributed by atoms with van der Waals surface area (Å²) in [5.41, 5.74) is 6.31. The molecular weight excluding hydrogens is 400 g/mol. The van der Waals surface area contributed by atoms with Gasteiger partial charge in [0.1, 0.15) is 12.1 Å². The lowest BCUT2D eigenvalue weighted by atomic mass is 10.3. The van der Waals surface area contributed by atoms with Crippen molar-refractivity contribution < 1.29 is 9.18 Å². The normalized spacial score (nSPS) is 9.77. The van der Waals surface area contributed by atoms with Gasteiger partial charge >= 0.3 is 6.03 Å². The number of carbonyl (C=O) groups excluding carboxylic acids is 1. The van der Waals surface area contributed by atoms with Crippen molar-refractivity contribution in [3.05, 3.63) is 46.3 Å². The van der Waals surface area contributed by atoms with E-state index in [2.05, 4.69) is 32.4 Å². The summed E-state index contributed by atoms with van der Waals surface area (Å²) in [6, 6.07) is 5.52. The zero-order valence-electron chi connectivity index (χ0n) is 13.0. The topological polar surface area (TPSA) is 92.9 Å². The fraction of sp³-hybridized carbons (Fsp3) is 0.0625. The molecule has 2 heterocycles. The Hall–Kier alpha value is -2.60. The van der Waals surface area contributed by atoms with Crippen molar-refractivity contribution >= 4 is 63.1 Å². The van der Waals surface area contributed by atoms with E-state index in [0.717, 1.165) is 15.1 Å². The first kappa shape index (κ1) is 19.7. The van der Waals surface area contributed by atoms with Crippen molar-refractivity contribution in [1.29, 1.82) is 0 Å². The van der Waals surface area contributed by atoms with E-state index >= 15 is 0 Å². The molecule has 0 radical (unpaired) electrons. The number of anilines is 2. The Morgan fingerprint density at radius 1 is 1.35 bits per heavy atom. The Kier molecular flexibility index (Phi) is 6.58. The maximum absolute atomic E-state index is 13.3. The molecule has 4 N–H and O–H groups in total. The maximum Gasteiger partial charge on any atom is 0.312 e. The molecular formula is C16H12Cl2FN5OS. The van der Waals surface area contributed by atoms with Crippen molar-refractivity contribution in [3.8, 4) is 11.8 Å². The van der Waals surface area contributed by atoms with Gasteiger partial charge in [-0.05, 0) is 24.3 Å². The Labute approximate surface area is 163 Å². The maximum atomic E-state index is 13.3. The minimum atomic E-state index is -0.624. The summed E-state index contributed by atoms with van der Waals surface area (Å²) < 4.78 is 14.1.